The van der Waals surface area contributed by atoms with E-state index < -0.39 is 0 Å². The molecule has 18 heavy (non-hydrogen) atoms. The molecule has 1 fully saturated rings. The lowest BCUT2D eigenvalue weighted by Crippen LogP contribution is -2.11. The second-order valence-corrected chi connectivity index (χ2v) is 5.08. The summed E-state index contributed by atoms with van der Waals surface area (Å²) in [7, 11) is 0. The predicted octanol–water partition coefficient (Wildman–Crippen LogP) is 5.51. The smallest absolute Gasteiger partial charge is 0.0100 e. The Morgan fingerprint density at radius 1 is 1.00 bits per heavy atom. The molecule has 0 saturated heterocycles. The molecule has 1 aliphatic rings. The van der Waals surface area contributed by atoms with Crippen LogP contribution in [0.25, 0.3) is 0 Å². The van der Waals surface area contributed by atoms with Gasteiger partial charge in [-0.15, -0.1) is 13.2 Å². The van der Waals surface area contributed by atoms with Gasteiger partial charge in [-0.25, -0.2) is 0 Å². The van der Waals surface area contributed by atoms with Gasteiger partial charge in [0.1, 0.15) is 0 Å². The summed E-state index contributed by atoms with van der Waals surface area (Å²) in [4.78, 5) is 0. The van der Waals surface area contributed by atoms with Crippen molar-refractivity contribution < 1.29 is 0 Å². The highest BCUT2D eigenvalue weighted by atomic mass is 14.2. The number of rotatable bonds is 4. The van der Waals surface area contributed by atoms with Crippen LogP contribution in [0.15, 0.2) is 49.6 Å². The Morgan fingerprint density at radius 3 is 2.11 bits per heavy atom. The lowest BCUT2D eigenvalue weighted by atomic mass is 9.78. The van der Waals surface area contributed by atoms with E-state index in [-0.39, 0.29) is 7.43 Å². The zero-order valence-corrected chi connectivity index (χ0v) is 10.6. The van der Waals surface area contributed by atoms with Gasteiger partial charge < -0.3 is 0 Å². The van der Waals surface area contributed by atoms with Gasteiger partial charge in [-0.05, 0) is 55.1 Å². The lowest BCUT2D eigenvalue weighted by Gasteiger charge is -2.27. The monoisotopic (exact) mass is 242 g/mol. The molecule has 98 valence electrons. The molecule has 0 unspecified atom stereocenters. The van der Waals surface area contributed by atoms with Crippen LogP contribution in [0.2, 0.25) is 0 Å². The minimum absolute atomic E-state index is 0. The molecule has 2 rings (SSSR count). The van der Waals surface area contributed by atoms with E-state index in [2.05, 4.69) is 43.5 Å². The van der Waals surface area contributed by atoms with Gasteiger partial charge in [-0.3, -0.25) is 0 Å². The Balaban J connectivity index is 0.00000162. The van der Waals surface area contributed by atoms with Crippen LogP contribution in [-0.4, -0.2) is 0 Å². The average Bonchev–Trinajstić information content (AvgIpc) is 2.40. The first-order valence-electron chi connectivity index (χ1n) is 6.65. The third kappa shape index (κ3) is 3.60. The van der Waals surface area contributed by atoms with E-state index in [0.29, 0.717) is 0 Å². The predicted molar refractivity (Wildman–Crippen MR) is 82.0 cm³/mol. The van der Waals surface area contributed by atoms with Gasteiger partial charge in [0.2, 0.25) is 0 Å². The van der Waals surface area contributed by atoms with Crippen LogP contribution in [0.4, 0.5) is 0 Å². The van der Waals surface area contributed by atoms with Crippen molar-refractivity contribution in [2.75, 3.05) is 0 Å². The molecule has 0 amide bonds. The molecule has 1 aliphatic carbocycles. The van der Waals surface area contributed by atoms with Crippen LogP contribution in [0.5, 0.6) is 0 Å². The highest BCUT2D eigenvalue weighted by Crippen LogP contribution is 2.36. The molecule has 0 heterocycles. The summed E-state index contributed by atoms with van der Waals surface area (Å²) in [6.07, 6.45) is 10.3. The maximum absolute atomic E-state index is 3.90. The molecule has 1 aromatic rings. The van der Waals surface area contributed by atoms with Crippen LogP contribution in [-0.2, 0) is 6.42 Å². The van der Waals surface area contributed by atoms with Crippen molar-refractivity contribution in [2.24, 2.45) is 5.92 Å². The fourth-order valence-electron chi connectivity index (χ4n) is 2.78. The zero-order valence-electron chi connectivity index (χ0n) is 10.6. The number of allylic oxidation sites excluding steroid dienone is 2. The molecule has 0 bridgehead atoms. The quantitative estimate of drug-likeness (QED) is 0.611. The van der Waals surface area contributed by atoms with E-state index in [1.54, 1.807) is 0 Å². The SMILES string of the molecule is C.C=CCc1ccc(C2CCC(C=C)CC2)cc1. The molecule has 0 radical (unpaired) electrons. The second kappa shape index (κ2) is 7.20. The summed E-state index contributed by atoms with van der Waals surface area (Å²) in [6, 6.07) is 9.10. The molecule has 0 aliphatic heterocycles. The van der Waals surface area contributed by atoms with Gasteiger partial charge in [0.25, 0.3) is 0 Å². The van der Waals surface area contributed by atoms with Crippen LogP contribution < -0.4 is 0 Å². The van der Waals surface area contributed by atoms with Crippen molar-refractivity contribution in [3.63, 3.8) is 0 Å². The van der Waals surface area contributed by atoms with Crippen LogP contribution in [0.1, 0.15) is 50.2 Å². The highest BCUT2D eigenvalue weighted by Gasteiger charge is 2.20. The third-order valence-corrected chi connectivity index (χ3v) is 3.94. The van der Waals surface area contributed by atoms with E-state index >= 15 is 0 Å². The highest BCUT2D eigenvalue weighted by molar-refractivity contribution is 5.27. The van der Waals surface area contributed by atoms with Crippen molar-refractivity contribution in [1.82, 2.24) is 0 Å². The minimum Gasteiger partial charge on any atom is -0.103 e. The Morgan fingerprint density at radius 2 is 1.61 bits per heavy atom. The first-order valence-corrected chi connectivity index (χ1v) is 6.65. The first kappa shape index (κ1) is 14.8. The van der Waals surface area contributed by atoms with Crippen LogP contribution in [0.3, 0.4) is 0 Å². The van der Waals surface area contributed by atoms with Crippen molar-refractivity contribution >= 4 is 0 Å². The van der Waals surface area contributed by atoms with Gasteiger partial charge in [0.15, 0.2) is 0 Å². The van der Waals surface area contributed by atoms with E-state index in [9.17, 15) is 0 Å². The fourth-order valence-corrected chi connectivity index (χ4v) is 2.78. The van der Waals surface area contributed by atoms with E-state index in [0.717, 1.165) is 18.3 Å². The summed E-state index contributed by atoms with van der Waals surface area (Å²) in [5.74, 6) is 1.52. The van der Waals surface area contributed by atoms with Gasteiger partial charge in [-0.2, -0.15) is 0 Å². The summed E-state index contributed by atoms with van der Waals surface area (Å²) >= 11 is 0. The third-order valence-electron chi connectivity index (χ3n) is 3.94. The summed E-state index contributed by atoms with van der Waals surface area (Å²) in [5, 5.41) is 0. The minimum atomic E-state index is 0. The second-order valence-electron chi connectivity index (χ2n) is 5.08. The number of hydrogen-bond donors (Lipinski definition) is 0. The van der Waals surface area contributed by atoms with E-state index in [4.69, 9.17) is 0 Å². The standard InChI is InChI=1S/C17H22.CH4/c1-3-5-15-8-12-17(13-9-15)16-10-6-14(4-2)7-11-16;/h3-4,8-9,12-14,16H,1-2,5-7,10-11H2;1H4. The molecule has 0 N–H and O–H groups in total. The largest absolute Gasteiger partial charge is 0.103 e. The van der Waals surface area contributed by atoms with Gasteiger partial charge in [-0.1, -0.05) is 43.8 Å². The van der Waals surface area contributed by atoms with Gasteiger partial charge >= 0.3 is 0 Å². The molecule has 0 spiro atoms. The zero-order chi connectivity index (χ0) is 12.1. The Bertz CT molecular complexity index is 364. The topological polar surface area (TPSA) is 0 Å². The molecule has 0 nitrogen and oxygen atoms in total. The summed E-state index contributed by atoms with van der Waals surface area (Å²) in [5.41, 5.74) is 2.88. The van der Waals surface area contributed by atoms with Crippen molar-refractivity contribution in [3.8, 4) is 0 Å². The number of benzene rings is 1. The van der Waals surface area contributed by atoms with Crippen molar-refractivity contribution in [1.29, 1.82) is 0 Å². The average molecular weight is 242 g/mol. The van der Waals surface area contributed by atoms with Gasteiger partial charge in [0.05, 0.1) is 0 Å². The first-order chi connectivity index (χ1) is 8.33. The molecule has 1 saturated carbocycles. The normalized spacial score (nSPS) is 22.9. The van der Waals surface area contributed by atoms with Crippen LogP contribution >= 0.6 is 0 Å². The molecule has 0 aromatic heterocycles. The lowest BCUT2D eigenvalue weighted by molar-refractivity contribution is 0.376. The van der Waals surface area contributed by atoms with E-state index in [1.165, 1.54) is 36.8 Å². The molecule has 1 aromatic carbocycles. The fraction of sp³-hybridized carbons (Fsp3) is 0.444. The number of hydrogen-bond acceptors (Lipinski definition) is 0. The Labute approximate surface area is 112 Å². The maximum Gasteiger partial charge on any atom is -0.0100 e. The van der Waals surface area contributed by atoms with Crippen molar-refractivity contribution in [3.05, 3.63) is 60.7 Å². The summed E-state index contributed by atoms with van der Waals surface area (Å²) in [6.45, 7) is 7.68. The van der Waals surface area contributed by atoms with E-state index in [1.807, 2.05) is 6.08 Å². The molecule has 0 heteroatoms. The van der Waals surface area contributed by atoms with Crippen molar-refractivity contribution in [2.45, 2.75) is 45.4 Å². The molecular formula is C18H26. The Kier molecular flexibility index (Phi) is 5.91. The Hall–Kier alpha value is -1.30. The molecule has 0 atom stereocenters. The van der Waals surface area contributed by atoms with Crippen LogP contribution in [0, 0.1) is 5.92 Å². The molecular weight excluding hydrogens is 216 g/mol. The maximum atomic E-state index is 3.90. The summed E-state index contributed by atoms with van der Waals surface area (Å²) < 4.78 is 0. The van der Waals surface area contributed by atoms with Gasteiger partial charge in [0, 0.05) is 0 Å².